The van der Waals surface area contributed by atoms with Crippen LogP contribution in [0.5, 0.6) is 0 Å². The van der Waals surface area contributed by atoms with Crippen molar-refractivity contribution in [2.45, 2.75) is 37.0 Å². The fraction of sp³-hybridized carbons (Fsp3) is 0.545. The maximum absolute atomic E-state index is 13.1. The lowest BCUT2D eigenvalue weighted by molar-refractivity contribution is 0.579. The minimum atomic E-state index is -2.07. The van der Waals surface area contributed by atoms with Crippen LogP contribution in [0, 0.1) is 3.70 Å². The van der Waals surface area contributed by atoms with Gasteiger partial charge in [0.25, 0.3) is 0 Å². The van der Waals surface area contributed by atoms with Crippen LogP contribution in [-0.2, 0) is 4.57 Å². The molecule has 0 amide bonds. The molecule has 0 saturated heterocycles. The summed E-state index contributed by atoms with van der Waals surface area (Å²) in [6.07, 6.45) is 6.49. The third kappa shape index (κ3) is 1.78. The standard InChI is InChI=1S/C11H13INOP/c12-11-7-10(5-6-13-11)15(14,8-1-2-8)9-3-4-9/h5-9H,1-4H2. The number of halogens is 1. The first-order valence-electron chi connectivity index (χ1n) is 5.43. The van der Waals surface area contributed by atoms with E-state index in [1.807, 2.05) is 12.1 Å². The van der Waals surface area contributed by atoms with Gasteiger partial charge in [0.2, 0.25) is 0 Å². The number of nitrogens with zero attached hydrogens (tertiary/aromatic N) is 1. The summed E-state index contributed by atoms with van der Waals surface area (Å²) in [7, 11) is -2.07. The van der Waals surface area contributed by atoms with E-state index >= 15 is 0 Å². The van der Waals surface area contributed by atoms with E-state index in [0.29, 0.717) is 11.3 Å². The summed E-state index contributed by atoms with van der Waals surface area (Å²) in [5.74, 6) is 0. The minimum Gasteiger partial charge on any atom is -0.318 e. The zero-order valence-corrected chi connectivity index (χ0v) is 11.4. The van der Waals surface area contributed by atoms with E-state index in [-0.39, 0.29) is 0 Å². The molecule has 15 heavy (non-hydrogen) atoms. The van der Waals surface area contributed by atoms with Crippen LogP contribution >= 0.6 is 29.7 Å². The summed E-state index contributed by atoms with van der Waals surface area (Å²) >= 11 is 2.20. The SMILES string of the molecule is O=P(c1ccnc(I)c1)(C1CC1)C1CC1. The highest BCUT2D eigenvalue weighted by Crippen LogP contribution is 2.69. The zero-order valence-electron chi connectivity index (χ0n) is 8.40. The lowest BCUT2D eigenvalue weighted by atomic mass is 10.5. The van der Waals surface area contributed by atoms with Gasteiger partial charge in [-0.3, -0.25) is 4.98 Å². The van der Waals surface area contributed by atoms with Gasteiger partial charge in [-0.25, -0.2) is 0 Å². The van der Waals surface area contributed by atoms with Crippen LogP contribution in [0.4, 0.5) is 0 Å². The average Bonchev–Trinajstić information content (AvgIpc) is 3.04. The van der Waals surface area contributed by atoms with Gasteiger partial charge in [-0.15, -0.1) is 0 Å². The molecule has 2 fully saturated rings. The second kappa shape index (κ2) is 3.56. The molecule has 0 spiro atoms. The number of aromatic nitrogens is 1. The van der Waals surface area contributed by atoms with Crippen molar-refractivity contribution in [2.24, 2.45) is 0 Å². The summed E-state index contributed by atoms with van der Waals surface area (Å²) in [6, 6.07) is 4.00. The Morgan fingerprint density at radius 1 is 1.27 bits per heavy atom. The van der Waals surface area contributed by atoms with E-state index < -0.39 is 7.14 Å². The van der Waals surface area contributed by atoms with E-state index in [2.05, 4.69) is 27.6 Å². The molecule has 0 aromatic carbocycles. The van der Waals surface area contributed by atoms with Crippen molar-refractivity contribution in [3.8, 4) is 0 Å². The maximum atomic E-state index is 13.1. The Morgan fingerprint density at radius 3 is 2.33 bits per heavy atom. The molecule has 0 atom stereocenters. The van der Waals surface area contributed by atoms with Crippen molar-refractivity contribution in [1.82, 2.24) is 4.98 Å². The average molecular weight is 333 g/mol. The van der Waals surface area contributed by atoms with E-state index in [9.17, 15) is 4.57 Å². The largest absolute Gasteiger partial charge is 0.318 e. The molecule has 1 aromatic rings. The van der Waals surface area contributed by atoms with Crippen molar-refractivity contribution in [3.63, 3.8) is 0 Å². The smallest absolute Gasteiger partial charge is 0.121 e. The summed E-state index contributed by atoms with van der Waals surface area (Å²) in [4.78, 5) is 4.18. The van der Waals surface area contributed by atoms with Gasteiger partial charge in [0.1, 0.15) is 10.8 Å². The molecule has 3 rings (SSSR count). The molecule has 1 heterocycles. The fourth-order valence-electron chi connectivity index (χ4n) is 2.25. The first-order valence-corrected chi connectivity index (χ1v) is 8.35. The molecule has 2 nitrogen and oxygen atoms in total. The highest BCUT2D eigenvalue weighted by atomic mass is 127. The number of hydrogen-bond donors (Lipinski definition) is 0. The van der Waals surface area contributed by atoms with Gasteiger partial charge in [0.05, 0.1) is 0 Å². The van der Waals surface area contributed by atoms with Gasteiger partial charge >= 0.3 is 0 Å². The highest BCUT2D eigenvalue weighted by molar-refractivity contribution is 14.1. The van der Waals surface area contributed by atoms with Crippen molar-refractivity contribution in [2.75, 3.05) is 0 Å². The van der Waals surface area contributed by atoms with Gasteiger partial charge in [-0.2, -0.15) is 0 Å². The number of hydrogen-bond acceptors (Lipinski definition) is 2. The first kappa shape index (κ1) is 10.3. The number of rotatable bonds is 3. The molecule has 0 bridgehead atoms. The van der Waals surface area contributed by atoms with Gasteiger partial charge in [0.15, 0.2) is 0 Å². The van der Waals surface area contributed by atoms with Crippen LogP contribution in [0.15, 0.2) is 18.3 Å². The van der Waals surface area contributed by atoms with Gasteiger partial charge < -0.3 is 4.57 Å². The molecule has 4 heteroatoms. The highest BCUT2D eigenvalue weighted by Gasteiger charge is 2.51. The summed E-state index contributed by atoms with van der Waals surface area (Å²) in [5.41, 5.74) is 1.01. The Kier molecular flexibility index (Phi) is 2.44. The Balaban J connectivity index is 2.05. The molecular formula is C11H13INOP. The monoisotopic (exact) mass is 333 g/mol. The molecule has 2 aliphatic rings. The lowest BCUT2D eigenvalue weighted by Gasteiger charge is -2.17. The zero-order chi connectivity index (χ0) is 10.5. The van der Waals surface area contributed by atoms with Crippen molar-refractivity contribution >= 4 is 35.0 Å². The van der Waals surface area contributed by atoms with E-state index in [1.165, 1.54) is 25.7 Å². The van der Waals surface area contributed by atoms with Crippen LogP contribution in [0.25, 0.3) is 0 Å². The van der Waals surface area contributed by atoms with E-state index in [4.69, 9.17) is 0 Å². The molecular weight excluding hydrogens is 320 g/mol. The van der Waals surface area contributed by atoms with Gasteiger partial charge in [0, 0.05) is 22.8 Å². The summed E-state index contributed by atoms with van der Waals surface area (Å²) < 4.78 is 14.0. The Morgan fingerprint density at radius 2 is 1.87 bits per heavy atom. The molecule has 0 unspecified atom stereocenters. The van der Waals surface area contributed by atoms with Crippen LogP contribution < -0.4 is 5.30 Å². The van der Waals surface area contributed by atoms with Crippen LogP contribution in [0.2, 0.25) is 0 Å². The lowest BCUT2D eigenvalue weighted by Crippen LogP contribution is -2.13. The van der Waals surface area contributed by atoms with Crippen molar-refractivity contribution in [3.05, 3.63) is 22.0 Å². The Bertz CT molecular complexity index is 424. The normalized spacial score (nSPS) is 21.7. The number of pyridine rings is 1. The summed E-state index contributed by atoms with van der Waals surface area (Å²) in [6.45, 7) is 0. The molecule has 2 aliphatic carbocycles. The molecule has 0 N–H and O–H groups in total. The third-order valence-corrected chi connectivity index (χ3v) is 8.17. The maximum Gasteiger partial charge on any atom is 0.121 e. The second-order valence-corrected chi connectivity index (χ2v) is 9.01. The van der Waals surface area contributed by atoms with Crippen LogP contribution in [0.1, 0.15) is 25.7 Å². The predicted molar refractivity (Wildman–Crippen MR) is 70.2 cm³/mol. The second-order valence-electron chi connectivity index (χ2n) is 4.51. The quantitative estimate of drug-likeness (QED) is 0.484. The van der Waals surface area contributed by atoms with Crippen molar-refractivity contribution < 1.29 is 4.57 Å². The minimum absolute atomic E-state index is 0.503. The molecule has 0 radical (unpaired) electrons. The summed E-state index contributed by atoms with van der Waals surface area (Å²) in [5, 5.41) is 1.09. The molecule has 1 aromatic heterocycles. The Hall–Kier alpha value is 0.110. The van der Waals surface area contributed by atoms with E-state index in [0.717, 1.165) is 9.01 Å². The first-order chi connectivity index (χ1) is 7.21. The van der Waals surface area contributed by atoms with Crippen LogP contribution in [-0.4, -0.2) is 16.3 Å². The van der Waals surface area contributed by atoms with Gasteiger partial charge in [-0.05, 0) is 60.4 Å². The third-order valence-electron chi connectivity index (χ3n) is 3.29. The van der Waals surface area contributed by atoms with Crippen LogP contribution in [0.3, 0.4) is 0 Å². The fourth-order valence-corrected chi connectivity index (χ4v) is 6.88. The van der Waals surface area contributed by atoms with E-state index in [1.54, 1.807) is 6.20 Å². The Labute approximate surface area is 103 Å². The van der Waals surface area contributed by atoms with Gasteiger partial charge in [-0.1, -0.05) is 0 Å². The predicted octanol–water partition coefficient (Wildman–Crippen LogP) is 3.00. The van der Waals surface area contributed by atoms with Crippen molar-refractivity contribution in [1.29, 1.82) is 0 Å². The topological polar surface area (TPSA) is 30.0 Å². The molecule has 80 valence electrons. The molecule has 2 saturated carbocycles. The molecule has 0 aliphatic heterocycles.